The lowest BCUT2D eigenvalue weighted by atomic mass is 9.84. The van der Waals surface area contributed by atoms with Gasteiger partial charge in [0, 0.05) is 11.1 Å². The van der Waals surface area contributed by atoms with Gasteiger partial charge >= 0.3 is 0 Å². The molecule has 2 aromatic carbocycles. The molecule has 1 unspecified atom stereocenters. The molecule has 18 heavy (non-hydrogen) atoms. The highest BCUT2D eigenvalue weighted by Crippen LogP contribution is 2.31. The lowest BCUT2D eigenvalue weighted by Crippen LogP contribution is -2.26. The maximum absolute atomic E-state index is 10.8. The Labute approximate surface area is 108 Å². The van der Waals surface area contributed by atoms with Gasteiger partial charge in [0.05, 0.1) is 0 Å². The molecule has 90 valence electrons. The van der Waals surface area contributed by atoms with Crippen LogP contribution in [0, 0.1) is 26.2 Å². The number of aryl methyl sites for hydroxylation is 2. The van der Waals surface area contributed by atoms with Crippen molar-refractivity contribution in [2.24, 2.45) is 0 Å². The van der Waals surface area contributed by atoms with Crippen LogP contribution in [0.5, 0.6) is 0 Å². The van der Waals surface area contributed by atoms with E-state index < -0.39 is 5.60 Å². The van der Waals surface area contributed by atoms with Crippen LogP contribution in [0.25, 0.3) is 0 Å². The van der Waals surface area contributed by atoms with E-state index in [9.17, 15) is 5.11 Å². The van der Waals surface area contributed by atoms with Gasteiger partial charge in [-0.15, -0.1) is 6.42 Å². The Hall–Kier alpha value is -2.04. The predicted octanol–water partition coefficient (Wildman–Crippen LogP) is 3.17. The minimum absolute atomic E-state index is 0.723. The van der Waals surface area contributed by atoms with Crippen LogP contribution in [0.15, 0.2) is 48.5 Å². The summed E-state index contributed by atoms with van der Waals surface area (Å²) in [6, 6.07) is 15.3. The smallest absolute Gasteiger partial charge is 0.176 e. The Morgan fingerprint density at radius 3 is 2.33 bits per heavy atom. The second kappa shape index (κ2) is 4.68. The first-order valence-corrected chi connectivity index (χ1v) is 5.91. The van der Waals surface area contributed by atoms with Gasteiger partial charge in [-0.25, -0.2) is 0 Å². The van der Waals surface area contributed by atoms with Crippen molar-refractivity contribution in [1.82, 2.24) is 0 Å². The van der Waals surface area contributed by atoms with E-state index in [1.807, 2.05) is 62.4 Å². The molecule has 0 aromatic heterocycles. The maximum Gasteiger partial charge on any atom is 0.176 e. The number of hydrogen-bond acceptors (Lipinski definition) is 1. The van der Waals surface area contributed by atoms with Gasteiger partial charge in [-0.05, 0) is 19.4 Å². The molecule has 2 aromatic rings. The van der Waals surface area contributed by atoms with Crippen molar-refractivity contribution >= 4 is 0 Å². The molecular weight excluding hydrogens is 220 g/mol. The zero-order valence-corrected chi connectivity index (χ0v) is 10.6. The Morgan fingerprint density at radius 2 is 1.72 bits per heavy atom. The summed E-state index contributed by atoms with van der Waals surface area (Å²) in [5.74, 6) is 2.53. The van der Waals surface area contributed by atoms with Crippen molar-refractivity contribution in [3.63, 3.8) is 0 Å². The number of terminal acetylenes is 1. The van der Waals surface area contributed by atoms with Crippen LogP contribution in [0.2, 0.25) is 0 Å². The standard InChI is InChI=1S/C17H16O/c1-4-17(18,15-8-6-5-7-9-15)16-12-13(2)10-11-14(16)3/h1,5-12,18H,2-3H3. The number of rotatable bonds is 2. The fraction of sp³-hybridized carbons (Fsp3) is 0.176. The highest BCUT2D eigenvalue weighted by molar-refractivity contribution is 5.48. The molecule has 0 spiro atoms. The van der Waals surface area contributed by atoms with Crippen LogP contribution in [0.4, 0.5) is 0 Å². The summed E-state index contributed by atoms with van der Waals surface area (Å²) in [6.07, 6.45) is 5.59. The van der Waals surface area contributed by atoms with E-state index in [1.54, 1.807) is 0 Å². The molecule has 1 heteroatoms. The topological polar surface area (TPSA) is 20.2 Å². The minimum Gasteiger partial charge on any atom is -0.369 e. The minimum atomic E-state index is -1.36. The first-order valence-electron chi connectivity index (χ1n) is 5.91. The largest absolute Gasteiger partial charge is 0.369 e. The van der Waals surface area contributed by atoms with E-state index >= 15 is 0 Å². The Balaban J connectivity index is 2.65. The van der Waals surface area contributed by atoms with Gasteiger partial charge < -0.3 is 5.11 Å². The molecule has 0 saturated heterocycles. The summed E-state index contributed by atoms with van der Waals surface area (Å²) in [4.78, 5) is 0. The molecule has 1 atom stereocenters. The van der Waals surface area contributed by atoms with Crippen molar-refractivity contribution in [3.8, 4) is 12.3 Å². The molecule has 1 nitrogen and oxygen atoms in total. The summed E-state index contributed by atoms with van der Waals surface area (Å²) in [5.41, 5.74) is 2.21. The molecular formula is C17H16O. The molecule has 0 aliphatic carbocycles. The zero-order chi connectivity index (χ0) is 13.2. The van der Waals surface area contributed by atoms with Crippen molar-refractivity contribution in [3.05, 3.63) is 70.8 Å². The molecule has 0 amide bonds. The quantitative estimate of drug-likeness (QED) is 0.794. The summed E-state index contributed by atoms with van der Waals surface area (Å²) in [7, 11) is 0. The van der Waals surface area contributed by atoms with E-state index in [-0.39, 0.29) is 0 Å². The second-order valence-electron chi connectivity index (χ2n) is 4.54. The molecule has 1 N–H and O–H groups in total. The first-order chi connectivity index (χ1) is 8.58. The third-order valence-electron chi connectivity index (χ3n) is 3.18. The van der Waals surface area contributed by atoms with Crippen molar-refractivity contribution < 1.29 is 5.11 Å². The van der Waals surface area contributed by atoms with Gasteiger partial charge in [-0.1, -0.05) is 60.0 Å². The zero-order valence-electron chi connectivity index (χ0n) is 10.6. The molecule has 0 heterocycles. The van der Waals surface area contributed by atoms with E-state index in [2.05, 4.69) is 5.92 Å². The molecule has 0 radical (unpaired) electrons. The fourth-order valence-corrected chi connectivity index (χ4v) is 2.12. The highest BCUT2D eigenvalue weighted by Gasteiger charge is 2.30. The van der Waals surface area contributed by atoms with Gasteiger partial charge in [0.2, 0.25) is 0 Å². The third kappa shape index (κ3) is 2.03. The normalized spacial score (nSPS) is 13.7. The lowest BCUT2D eigenvalue weighted by Gasteiger charge is -2.25. The van der Waals surface area contributed by atoms with Gasteiger partial charge in [-0.3, -0.25) is 0 Å². The third-order valence-corrected chi connectivity index (χ3v) is 3.18. The Morgan fingerprint density at radius 1 is 1.06 bits per heavy atom. The SMILES string of the molecule is C#CC(O)(c1ccccc1)c1cc(C)ccc1C. The van der Waals surface area contributed by atoms with E-state index in [0.717, 1.165) is 22.3 Å². The maximum atomic E-state index is 10.8. The molecule has 0 fully saturated rings. The Bertz CT molecular complexity index is 593. The van der Waals surface area contributed by atoms with Crippen molar-refractivity contribution in [2.75, 3.05) is 0 Å². The van der Waals surface area contributed by atoms with E-state index in [4.69, 9.17) is 6.42 Å². The van der Waals surface area contributed by atoms with Crippen LogP contribution in [-0.4, -0.2) is 5.11 Å². The summed E-state index contributed by atoms with van der Waals surface area (Å²) in [6.45, 7) is 3.95. The summed E-state index contributed by atoms with van der Waals surface area (Å²) in [5, 5.41) is 10.8. The Kier molecular flexibility index (Phi) is 3.23. The van der Waals surface area contributed by atoms with E-state index in [0.29, 0.717) is 0 Å². The van der Waals surface area contributed by atoms with Crippen molar-refractivity contribution in [1.29, 1.82) is 0 Å². The monoisotopic (exact) mass is 236 g/mol. The number of aliphatic hydroxyl groups is 1. The van der Waals surface area contributed by atoms with Crippen LogP contribution >= 0.6 is 0 Å². The second-order valence-corrected chi connectivity index (χ2v) is 4.54. The number of hydrogen-bond donors (Lipinski definition) is 1. The molecule has 0 bridgehead atoms. The van der Waals surface area contributed by atoms with Gasteiger partial charge in [0.15, 0.2) is 5.60 Å². The van der Waals surface area contributed by atoms with Gasteiger partial charge in [0.1, 0.15) is 0 Å². The summed E-state index contributed by atoms with van der Waals surface area (Å²) >= 11 is 0. The molecule has 0 aliphatic rings. The number of benzene rings is 2. The predicted molar refractivity (Wildman–Crippen MR) is 74.2 cm³/mol. The van der Waals surface area contributed by atoms with Gasteiger partial charge in [0.25, 0.3) is 0 Å². The fourth-order valence-electron chi connectivity index (χ4n) is 2.12. The van der Waals surface area contributed by atoms with Crippen LogP contribution in [0.1, 0.15) is 22.3 Å². The molecule has 0 aliphatic heterocycles. The van der Waals surface area contributed by atoms with Crippen LogP contribution < -0.4 is 0 Å². The average molecular weight is 236 g/mol. The lowest BCUT2D eigenvalue weighted by molar-refractivity contribution is 0.144. The average Bonchev–Trinajstić information content (AvgIpc) is 2.41. The van der Waals surface area contributed by atoms with Crippen LogP contribution in [-0.2, 0) is 5.60 Å². The first kappa shape index (κ1) is 12.4. The molecule has 0 saturated carbocycles. The van der Waals surface area contributed by atoms with Crippen molar-refractivity contribution in [2.45, 2.75) is 19.4 Å². The summed E-state index contributed by atoms with van der Waals surface area (Å²) < 4.78 is 0. The van der Waals surface area contributed by atoms with Gasteiger partial charge in [-0.2, -0.15) is 0 Å². The van der Waals surface area contributed by atoms with Crippen LogP contribution in [0.3, 0.4) is 0 Å². The highest BCUT2D eigenvalue weighted by atomic mass is 16.3. The van der Waals surface area contributed by atoms with E-state index in [1.165, 1.54) is 0 Å². The molecule has 2 rings (SSSR count).